The summed E-state index contributed by atoms with van der Waals surface area (Å²) < 4.78 is 0. The van der Waals surface area contributed by atoms with Gasteiger partial charge < -0.3 is 5.32 Å². The molecular formula is C17H24N2. The Balaban J connectivity index is 1.45. The standard InChI is InChI=1S/C17H24N2/c1-3-15-11-19(12-16(15)4-1)10-13-6-7-17-14(9-13)5-2-8-18-17/h6-7,9,15-16,18H,1-5,8,10-12H2. The maximum Gasteiger partial charge on any atom is 0.0372 e. The van der Waals surface area contributed by atoms with Crippen molar-refractivity contribution >= 4 is 5.69 Å². The lowest BCUT2D eigenvalue weighted by atomic mass is 10.0. The summed E-state index contributed by atoms with van der Waals surface area (Å²) in [5.74, 6) is 2.03. The van der Waals surface area contributed by atoms with Crippen LogP contribution in [-0.2, 0) is 13.0 Å². The van der Waals surface area contributed by atoms with E-state index in [2.05, 4.69) is 28.4 Å². The molecule has 3 aliphatic rings. The molecule has 0 radical (unpaired) electrons. The van der Waals surface area contributed by atoms with E-state index in [0.29, 0.717) is 0 Å². The number of benzene rings is 1. The molecule has 1 N–H and O–H groups in total. The predicted molar refractivity (Wildman–Crippen MR) is 79.4 cm³/mol. The Morgan fingerprint density at radius 2 is 1.95 bits per heavy atom. The van der Waals surface area contributed by atoms with Gasteiger partial charge in [-0.05, 0) is 54.7 Å². The molecule has 2 atom stereocenters. The fourth-order valence-electron chi connectivity index (χ4n) is 4.35. The topological polar surface area (TPSA) is 15.3 Å². The summed E-state index contributed by atoms with van der Waals surface area (Å²) in [5, 5.41) is 3.50. The highest BCUT2D eigenvalue weighted by Gasteiger charge is 2.35. The molecule has 0 amide bonds. The Labute approximate surface area is 116 Å². The zero-order valence-electron chi connectivity index (χ0n) is 11.7. The van der Waals surface area contributed by atoms with Gasteiger partial charge in [-0.3, -0.25) is 4.90 Å². The number of likely N-dealkylation sites (tertiary alicyclic amines) is 1. The molecule has 102 valence electrons. The van der Waals surface area contributed by atoms with E-state index in [1.54, 1.807) is 0 Å². The van der Waals surface area contributed by atoms with E-state index in [9.17, 15) is 0 Å². The van der Waals surface area contributed by atoms with Gasteiger partial charge in [0.05, 0.1) is 0 Å². The third-order valence-corrected chi connectivity index (χ3v) is 5.32. The molecule has 1 saturated heterocycles. The number of hydrogen-bond donors (Lipinski definition) is 1. The average molecular weight is 256 g/mol. The molecule has 2 nitrogen and oxygen atoms in total. The van der Waals surface area contributed by atoms with Crippen molar-refractivity contribution in [3.8, 4) is 0 Å². The van der Waals surface area contributed by atoms with Crippen LogP contribution in [-0.4, -0.2) is 24.5 Å². The second-order valence-corrected chi connectivity index (χ2v) is 6.67. The van der Waals surface area contributed by atoms with E-state index in [1.165, 1.54) is 68.6 Å². The van der Waals surface area contributed by atoms with Crippen molar-refractivity contribution < 1.29 is 0 Å². The minimum absolute atomic E-state index is 1.01. The highest BCUT2D eigenvalue weighted by Crippen LogP contribution is 2.38. The zero-order chi connectivity index (χ0) is 12.7. The molecule has 1 aromatic rings. The molecule has 2 aliphatic heterocycles. The molecule has 2 unspecified atom stereocenters. The molecule has 0 spiro atoms. The third-order valence-electron chi connectivity index (χ3n) is 5.32. The summed E-state index contributed by atoms with van der Waals surface area (Å²) in [7, 11) is 0. The molecular weight excluding hydrogens is 232 g/mol. The Morgan fingerprint density at radius 1 is 1.11 bits per heavy atom. The number of aryl methyl sites for hydroxylation is 1. The van der Waals surface area contributed by atoms with Crippen LogP contribution in [0.25, 0.3) is 0 Å². The van der Waals surface area contributed by atoms with Gasteiger partial charge in [-0.15, -0.1) is 0 Å². The van der Waals surface area contributed by atoms with Crippen LogP contribution in [0.15, 0.2) is 18.2 Å². The first-order chi connectivity index (χ1) is 9.38. The van der Waals surface area contributed by atoms with Crippen LogP contribution in [0.1, 0.15) is 36.8 Å². The zero-order valence-corrected chi connectivity index (χ0v) is 11.7. The lowest BCUT2D eigenvalue weighted by Crippen LogP contribution is -2.21. The number of hydrogen-bond acceptors (Lipinski definition) is 2. The van der Waals surface area contributed by atoms with Gasteiger partial charge in [0.25, 0.3) is 0 Å². The van der Waals surface area contributed by atoms with Gasteiger partial charge in [-0.25, -0.2) is 0 Å². The molecule has 0 aromatic heterocycles. The molecule has 2 fully saturated rings. The second-order valence-electron chi connectivity index (χ2n) is 6.67. The molecule has 1 aliphatic carbocycles. The van der Waals surface area contributed by atoms with E-state index < -0.39 is 0 Å². The van der Waals surface area contributed by atoms with Gasteiger partial charge >= 0.3 is 0 Å². The number of rotatable bonds is 2. The van der Waals surface area contributed by atoms with Gasteiger partial charge in [-0.1, -0.05) is 18.6 Å². The first-order valence-electron chi connectivity index (χ1n) is 7.96. The molecule has 2 heteroatoms. The smallest absolute Gasteiger partial charge is 0.0372 e. The van der Waals surface area contributed by atoms with Gasteiger partial charge in [0.1, 0.15) is 0 Å². The lowest BCUT2D eigenvalue weighted by Gasteiger charge is -2.21. The maximum absolute atomic E-state index is 3.50. The normalized spacial score (nSPS) is 29.9. The van der Waals surface area contributed by atoms with Crippen molar-refractivity contribution in [2.45, 2.75) is 38.6 Å². The monoisotopic (exact) mass is 256 g/mol. The van der Waals surface area contributed by atoms with Crippen LogP contribution in [0.2, 0.25) is 0 Å². The van der Waals surface area contributed by atoms with Crippen molar-refractivity contribution in [3.63, 3.8) is 0 Å². The van der Waals surface area contributed by atoms with Crippen LogP contribution in [0.5, 0.6) is 0 Å². The van der Waals surface area contributed by atoms with E-state index in [0.717, 1.165) is 18.4 Å². The van der Waals surface area contributed by atoms with Crippen molar-refractivity contribution in [3.05, 3.63) is 29.3 Å². The van der Waals surface area contributed by atoms with Crippen LogP contribution in [0.3, 0.4) is 0 Å². The fourth-order valence-corrected chi connectivity index (χ4v) is 4.35. The molecule has 19 heavy (non-hydrogen) atoms. The summed E-state index contributed by atoms with van der Waals surface area (Å²) in [5.41, 5.74) is 4.42. The highest BCUT2D eigenvalue weighted by atomic mass is 15.2. The van der Waals surface area contributed by atoms with E-state index in [1.807, 2.05) is 0 Å². The predicted octanol–water partition coefficient (Wildman–Crippen LogP) is 3.28. The largest absolute Gasteiger partial charge is 0.385 e. The molecule has 1 saturated carbocycles. The minimum atomic E-state index is 1.01. The van der Waals surface area contributed by atoms with E-state index in [-0.39, 0.29) is 0 Å². The SMILES string of the molecule is c1cc2c(cc1CN1CC3CCCC3C1)CCCN2. The van der Waals surface area contributed by atoms with Crippen molar-refractivity contribution in [1.82, 2.24) is 4.90 Å². The second kappa shape index (κ2) is 4.82. The van der Waals surface area contributed by atoms with Crippen LogP contribution >= 0.6 is 0 Å². The van der Waals surface area contributed by atoms with Crippen molar-refractivity contribution in [2.75, 3.05) is 25.0 Å². The highest BCUT2D eigenvalue weighted by molar-refractivity contribution is 5.54. The first kappa shape index (κ1) is 11.8. The van der Waals surface area contributed by atoms with E-state index >= 15 is 0 Å². The fraction of sp³-hybridized carbons (Fsp3) is 0.647. The van der Waals surface area contributed by atoms with Crippen molar-refractivity contribution in [1.29, 1.82) is 0 Å². The number of nitrogens with one attached hydrogen (secondary N) is 1. The molecule has 1 aromatic carbocycles. The summed E-state index contributed by atoms with van der Waals surface area (Å²) in [4.78, 5) is 2.69. The minimum Gasteiger partial charge on any atom is -0.385 e. The maximum atomic E-state index is 3.50. The number of anilines is 1. The van der Waals surface area contributed by atoms with Crippen LogP contribution in [0, 0.1) is 11.8 Å². The van der Waals surface area contributed by atoms with E-state index in [4.69, 9.17) is 0 Å². The Hall–Kier alpha value is -1.02. The van der Waals surface area contributed by atoms with Gasteiger partial charge in [0.2, 0.25) is 0 Å². The molecule has 4 rings (SSSR count). The van der Waals surface area contributed by atoms with Crippen molar-refractivity contribution in [2.24, 2.45) is 11.8 Å². The van der Waals surface area contributed by atoms with Crippen LogP contribution in [0.4, 0.5) is 5.69 Å². The number of fused-ring (bicyclic) bond motifs is 2. The summed E-state index contributed by atoms with van der Waals surface area (Å²) >= 11 is 0. The quantitative estimate of drug-likeness (QED) is 0.873. The Morgan fingerprint density at radius 3 is 2.79 bits per heavy atom. The Bertz CT molecular complexity index is 456. The number of nitrogens with zero attached hydrogens (tertiary/aromatic N) is 1. The summed E-state index contributed by atoms with van der Waals surface area (Å²) in [6, 6.07) is 7.06. The first-order valence-corrected chi connectivity index (χ1v) is 7.96. The Kier molecular flexibility index (Phi) is 2.99. The van der Waals surface area contributed by atoms with Gasteiger partial charge in [-0.2, -0.15) is 0 Å². The third kappa shape index (κ3) is 2.27. The molecule has 2 heterocycles. The van der Waals surface area contributed by atoms with Gasteiger partial charge in [0.15, 0.2) is 0 Å². The average Bonchev–Trinajstić information content (AvgIpc) is 2.99. The summed E-state index contributed by atoms with van der Waals surface area (Å²) in [6.45, 7) is 5.00. The van der Waals surface area contributed by atoms with Crippen LogP contribution < -0.4 is 5.32 Å². The molecule has 0 bridgehead atoms. The van der Waals surface area contributed by atoms with Gasteiger partial charge in [0, 0.05) is 31.9 Å². The summed E-state index contributed by atoms with van der Waals surface area (Å²) in [6.07, 6.45) is 6.98. The lowest BCUT2D eigenvalue weighted by molar-refractivity contribution is 0.303.